The Hall–Kier alpha value is -1.06. The van der Waals surface area contributed by atoms with E-state index in [-0.39, 0.29) is 12.0 Å². The summed E-state index contributed by atoms with van der Waals surface area (Å²) in [5.41, 5.74) is 1.21. The molecule has 0 heterocycles. The Kier molecular flexibility index (Phi) is 3.46. The van der Waals surface area contributed by atoms with E-state index in [4.69, 9.17) is 14.6 Å². The van der Waals surface area contributed by atoms with E-state index >= 15 is 0 Å². The molecule has 3 nitrogen and oxygen atoms in total. The lowest BCUT2D eigenvalue weighted by Crippen LogP contribution is -2.14. The van der Waals surface area contributed by atoms with E-state index in [0.717, 1.165) is 24.2 Å². The fourth-order valence-corrected chi connectivity index (χ4v) is 1.63. The van der Waals surface area contributed by atoms with Gasteiger partial charge in [-0.05, 0) is 30.5 Å². The van der Waals surface area contributed by atoms with Gasteiger partial charge in [0.1, 0.15) is 5.75 Å². The summed E-state index contributed by atoms with van der Waals surface area (Å²) in [7, 11) is 1.66. The van der Waals surface area contributed by atoms with Gasteiger partial charge >= 0.3 is 0 Å². The van der Waals surface area contributed by atoms with Gasteiger partial charge in [-0.1, -0.05) is 12.1 Å². The Balaban J connectivity index is 1.76. The van der Waals surface area contributed by atoms with E-state index in [9.17, 15) is 0 Å². The highest BCUT2D eigenvalue weighted by atomic mass is 16.5. The summed E-state index contributed by atoms with van der Waals surface area (Å²) < 4.78 is 10.7. The van der Waals surface area contributed by atoms with Crippen LogP contribution in [0.25, 0.3) is 0 Å². The molecule has 1 fully saturated rings. The van der Waals surface area contributed by atoms with Gasteiger partial charge < -0.3 is 14.6 Å². The maximum Gasteiger partial charge on any atom is 0.118 e. The van der Waals surface area contributed by atoms with Crippen molar-refractivity contribution >= 4 is 0 Å². The second kappa shape index (κ2) is 4.85. The van der Waals surface area contributed by atoms with Gasteiger partial charge in [-0.15, -0.1) is 0 Å². The number of aliphatic hydroxyl groups is 1. The fourth-order valence-electron chi connectivity index (χ4n) is 1.63. The first-order valence-corrected chi connectivity index (χ1v) is 5.60. The van der Waals surface area contributed by atoms with E-state index in [1.165, 1.54) is 0 Å². The summed E-state index contributed by atoms with van der Waals surface area (Å²) in [6.45, 7) is 1.51. The lowest BCUT2D eigenvalue weighted by molar-refractivity contribution is 0.0515. The Morgan fingerprint density at radius 1 is 1.25 bits per heavy atom. The Bertz CT molecular complexity index is 328. The number of hydrogen-bond acceptors (Lipinski definition) is 3. The van der Waals surface area contributed by atoms with Gasteiger partial charge in [0.2, 0.25) is 0 Å². The van der Waals surface area contributed by atoms with Gasteiger partial charge in [-0.25, -0.2) is 0 Å². The second-order valence-electron chi connectivity index (χ2n) is 4.50. The number of hydrogen-bond donors (Lipinski definition) is 1. The third-order valence-corrected chi connectivity index (χ3v) is 3.13. The molecule has 0 bridgehead atoms. The number of methoxy groups -OCH3 is 1. The van der Waals surface area contributed by atoms with Crippen molar-refractivity contribution < 1.29 is 14.6 Å². The van der Waals surface area contributed by atoms with Gasteiger partial charge in [0.25, 0.3) is 0 Å². The third-order valence-electron chi connectivity index (χ3n) is 3.13. The van der Waals surface area contributed by atoms with Crippen molar-refractivity contribution in [2.24, 2.45) is 5.41 Å². The van der Waals surface area contributed by atoms with Crippen molar-refractivity contribution in [2.45, 2.75) is 19.4 Å². The highest BCUT2D eigenvalue weighted by Gasteiger charge is 2.42. The van der Waals surface area contributed by atoms with Crippen LogP contribution < -0.4 is 4.74 Å². The summed E-state index contributed by atoms with van der Waals surface area (Å²) in [6.07, 6.45) is 2.18. The maximum absolute atomic E-state index is 9.13. The van der Waals surface area contributed by atoms with Crippen molar-refractivity contribution in [3.63, 3.8) is 0 Å². The molecule has 16 heavy (non-hydrogen) atoms. The highest BCUT2D eigenvalue weighted by Crippen LogP contribution is 2.45. The average molecular weight is 222 g/mol. The van der Waals surface area contributed by atoms with Crippen LogP contribution in [0.2, 0.25) is 0 Å². The second-order valence-corrected chi connectivity index (χ2v) is 4.50. The minimum atomic E-state index is 0.0759. The molecule has 88 valence electrons. The Morgan fingerprint density at radius 2 is 1.94 bits per heavy atom. The Morgan fingerprint density at radius 3 is 2.44 bits per heavy atom. The minimum absolute atomic E-state index is 0.0759. The molecule has 3 heteroatoms. The van der Waals surface area contributed by atoms with Crippen molar-refractivity contribution in [3.05, 3.63) is 29.8 Å². The summed E-state index contributed by atoms with van der Waals surface area (Å²) in [6, 6.07) is 7.85. The molecule has 0 saturated heterocycles. The van der Waals surface area contributed by atoms with Crippen molar-refractivity contribution in [1.29, 1.82) is 0 Å². The van der Waals surface area contributed by atoms with E-state index < -0.39 is 0 Å². The largest absolute Gasteiger partial charge is 0.497 e. The molecule has 0 unspecified atom stereocenters. The van der Waals surface area contributed by atoms with Crippen LogP contribution in [0.3, 0.4) is 0 Å². The first kappa shape index (κ1) is 11.4. The molecule has 1 aromatic carbocycles. The molecule has 0 amide bonds. The number of aliphatic hydroxyl groups excluding tert-OH is 1. The van der Waals surface area contributed by atoms with Gasteiger partial charge in [0.15, 0.2) is 0 Å². The molecule has 1 aromatic rings. The van der Waals surface area contributed by atoms with Gasteiger partial charge in [0.05, 0.1) is 26.9 Å². The molecule has 1 aliphatic rings. The van der Waals surface area contributed by atoms with Crippen LogP contribution in [0.4, 0.5) is 0 Å². The molecule has 0 atom stereocenters. The van der Waals surface area contributed by atoms with Gasteiger partial charge in [-0.2, -0.15) is 0 Å². The van der Waals surface area contributed by atoms with Crippen LogP contribution in [0.1, 0.15) is 18.4 Å². The van der Waals surface area contributed by atoms with Crippen LogP contribution in [0, 0.1) is 5.41 Å². The quantitative estimate of drug-likeness (QED) is 0.800. The van der Waals surface area contributed by atoms with Crippen LogP contribution in [0.15, 0.2) is 24.3 Å². The van der Waals surface area contributed by atoms with Crippen molar-refractivity contribution in [2.75, 3.05) is 20.3 Å². The van der Waals surface area contributed by atoms with Crippen LogP contribution in [0.5, 0.6) is 5.75 Å². The van der Waals surface area contributed by atoms with Crippen molar-refractivity contribution in [3.8, 4) is 5.75 Å². The van der Waals surface area contributed by atoms with Gasteiger partial charge in [0, 0.05) is 5.41 Å². The zero-order valence-electron chi connectivity index (χ0n) is 9.61. The highest BCUT2D eigenvalue weighted by molar-refractivity contribution is 5.26. The fraction of sp³-hybridized carbons (Fsp3) is 0.538. The van der Waals surface area contributed by atoms with E-state index in [1.807, 2.05) is 24.3 Å². The van der Waals surface area contributed by atoms with Crippen LogP contribution in [-0.2, 0) is 11.3 Å². The molecule has 1 N–H and O–H groups in total. The Labute approximate surface area is 96.0 Å². The van der Waals surface area contributed by atoms with E-state index in [2.05, 4.69) is 0 Å². The molecular formula is C13H18O3. The number of benzene rings is 1. The van der Waals surface area contributed by atoms with E-state index in [1.54, 1.807) is 7.11 Å². The first-order valence-electron chi connectivity index (χ1n) is 5.60. The molecule has 0 spiro atoms. The molecular weight excluding hydrogens is 204 g/mol. The van der Waals surface area contributed by atoms with Crippen LogP contribution >= 0.6 is 0 Å². The smallest absolute Gasteiger partial charge is 0.118 e. The monoisotopic (exact) mass is 222 g/mol. The third kappa shape index (κ3) is 2.74. The summed E-state index contributed by atoms with van der Waals surface area (Å²) in [5, 5.41) is 9.13. The number of rotatable bonds is 6. The lowest BCUT2D eigenvalue weighted by Gasteiger charge is -2.12. The molecule has 0 aromatic heterocycles. The first-order chi connectivity index (χ1) is 7.78. The summed E-state index contributed by atoms with van der Waals surface area (Å²) >= 11 is 0. The molecule has 0 aliphatic heterocycles. The SMILES string of the molecule is COc1ccc(COCC2(CO)CC2)cc1. The summed E-state index contributed by atoms with van der Waals surface area (Å²) in [4.78, 5) is 0. The van der Waals surface area contributed by atoms with Gasteiger partial charge in [-0.3, -0.25) is 0 Å². The zero-order chi connectivity index (χ0) is 11.4. The predicted octanol–water partition coefficient (Wildman–Crippen LogP) is 1.98. The minimum Gasteiger partial charge on any atom is -0.497 e. The zero-order valence-corrected chi connectivity index (χ0v) is 9.61. The van der Waals surface area contributed by atoms with E-state index in [0.29, 0.717) is 13.2 Å². The number of ether oxygens (including phenoxy) is 2. The standard InChI is InChI=1S/C13H18O3/c1-15-12-4-2-11(3-5-12)8-16-10-13(9-14)6-7-13/h2-5,14H,6-10H2,1H3. The lowest BCUT2D eigenvalue weighted by atomic mass is 10.1. The topological polar surface area (TPSA) is 38.7 Å². The molecule has 0 radical (unpaired) electrons. The maximum atomic E-state index is 9.13. The molecule has 1 saturated carbocycles. The molecule has 1 aliphatic carbocycles. The molecule has 2 rings (SSSR count). The predicted molar refractivity (Wildman–Crippen MR) is 61.4 cm³/mol. The average Bonchev–Trinajstić information content (AvgIpc) is 3.11. The van der Waals surface area contributed by atoms with Crippen molar-refractivity contribution in [1.82, 2.24) is 0 Å². The summed E-state index contributed by atoms with van der Waals surface area (Å²) in [5.74, 6) is 0.859. The normalized spacial score (nSPS) is 17.1. The van der Waals surface area contributed by atoms with Crippen LogP contribution in [-0.4, -0.2) is 25.4 Å².